The maximum atomic E-state index is 13.1. The lowest BCUT2D eigenvalue weighted by Crippen LogP contribution is -2.18. The summed E-state index contributed by atoms with van der Waals surface area (Å²) in [6, 6.07) is 13.2. The van der Waals surface area contributed by atoms with Gasteiger partial charge in [-0.1, -0.05) is 28.1 Å². The maximum absolute atomic E-state index is 13.1. The first-order valence-corrected chi connectivity index (χ1v) is 7.10. The second-order valence-corrected chi connectivity index (χ2v) is 5.81. The van der Waals surface area contributed by atoms with Crippen molar-refractivity contribution in [1.82, 2.24) is 0 Å². The highest BCUT2D eigenvalue weighted by atomic mass is 79.9. The van der Waals surface area contributed by atoms with Crippen molar-refractivity contribution in [3.8, 4) is 0 Å². The van der Waals surface area contributed by atoms with Crippen LogP contribution in [0.5, 0.6) is 0 Å². The first kappa shape index (κ1) is 14.1. The molecule has 19 heavy (non-hydrogen) atoms. The van der Waals surface area contributed by atoms with Gasteiger partial charge in [-0.15, -0.1) is 0 Å². The summed E-state index contributed by atoms with van der Waals surface area (Å²) in [7, 11) is 0. The third-order valence-electron chi connectivity index (χ3n) is 2.89. The molecule has 2 rings (SSSR count). The van der Waals surface area contributed by atoms with Crippen LogP contribution in [0.15, 0.2) is 46.9 Å². The van der Waals surface area contributed by atoms with Gasteiger partial charge in [-0.3, -0.25) is 0 Å². The molecule has 1 atom stereocenters. The molecule has 0 aliphatic rings. The third kappa shape index (κ3) is 4.35. The molecule has 0 saturated heterocycles. The number of benzene rings is 2. The minimum absolute atomic E-state index is 0.178. The lowest BCUT2D eigenvalue weighted by atomic mass is 10.1. The van der Waals surface area contributed by atoms with Gasteiger partial charge in [0.25, 0.3) is 0 Å². The molecule has 0 spiro atoms. The zero-order chi connectivity index (χ0) is 13.8. The van der Waals surface area contributed by atoms with Gasteiger partial charge in [0.2, 0.25) is 0 Å². The predicted octanol–water partition coefficient (Wildman–Crippen LogP) is 4.94. The first-order chi connectivity index (χ1) is 9.02. The molecule has 0 bridgehead atoms. The van der Waals surface area contributed by atoms with Gasteiger partial charge in [0.15, 0.2) is 0 Å². The Kier molecular flexibility index (Phi) is 4.59. The van der Waals surface area contributed by atoms with Gasteiger partial charge < -0.3 is 5.32 Å². The number of halogens is 2. The highest BCUT2D eigenvalue weighted by Gasteiger charge is 2.05. The van der Waals surface area contributed by atoms with E-state index >= 15 is 0 Å². The van der Waals surface area contributed by atoms with Crippen molar-refractivity contribution in [1.29, 1.82) is 0 Å². The Hall–Kier alpha value is -1.35. The number of rotatable bonds is 4. The monoisotopic (exact) mass is 321 g/mol. The number of anilines is 1. The molecule has 0 fully saturated rings. The smallest absolute Gasteiger partial charge is 0.123 e. The summed E-state index contributed by atoms with van der Waals surface area (Å²) < 4.78 is 14.2. The molecule has 1 nitrogen and oxygen atoms in total. The van der Waals surface area contributed by atoms with Crippen molar-refractivity contribution in [2.45, 2.75) is 26.3 Å². The summed E-state index contributed by atoms with van der Waals surface area (Å²) in [4.78, 5) is 0. The minimum atomic E-state index is -0.178. The van der Waals surface area contributed by atoms with Gasteiger partial charge in [-0.25, -0.2) is 4.39 Å². The van der Waals surface area contributed by atoms with Crippen LogP contribution < -0.4 is 5.32 Å². The van der Waals surface area contributed by atoms with E-state index in [-0.39, 0.29) is 11.9 Å². The Morgan fingerprint density at radius 2 is 2.00 bits per heavy atom. The molecule has 2 aromatic carbocycles. The van der Waals surface area contributed by atoms with Gasteiger partial charge in [-0.05, 0) is 61.7 Å². The zero-order valence-electron chi connectivity index (χ0n) is 11.1. The van der Waals surface area contributed by atoms with Crippen molar-refractivity contribution >= 4 is 21.6 Å². The molecule has 1 unspecified atom stereocenters. The van der Waals surface area contributed by atoms with Crippen LogP contribution >= 0.6 is 15.9 Å². The molecule has 0 aliphatic heterocycles. The second kappa shape index (κ2) is 6.20. The average Bonchev–Trinajstić information content (AvgIpc) is 2.26. The van der Waals surface area contributed by atoms with Gasteiger partial charge in [-0.2, -0.15) is 0 Å². The van der Waals surface area contributed by atoms with Crippen LogP contribution in [0, 0.1) is 12.7 Å². The molecule has 100 valence electrons. The normalized spacial score (nSPS) is 12.2. The molecular weight excluding hydrogens is 305 g/mol. The van der Waals surface area contributed by atoms with Crippen LogP contribution in [-0.2, 0) is 6.42 Å². The fraction of sp³-hybridized carbons (Fsp3) is 0.250. The van der Waals surface area contributed by atoms with Gasteiger partial charge >= 0.3 is 0 Å². The predicted molar refractivity (Wildman–Crippen MR) is 82.1 cm³/mol. The number of hydrogen-bond acceptors (Lipinski definition) is 1. The van der Waals surface area contributed by atoms with Crippen molar-refractivity contribution < 1.29 is 4.39 Å². The lowest BCUT2D eigenvalue weighted by Gasteiger charge is -2.16. The van der Waals surface area contributed by atoms with E-state index < -0.39 is 0 Å². The number of aryl methyl sites for hydroxylation is 1. The molecule has 2 aromatic rings. The van der Waals surface area contributed by atoms with E-state index in [2.05, 4.69) is 53.3 Å². The molecule has 0 amide bonds. The molecular formula is C16H17BrFN. The van der Waals surface area contributed by atoms with E-state index in [0.29, 0.717) is 0 Å². The summed E-state index contributed by atoms with van der Waals surface area (Å²) in [5, 5.41) is 3.44. The molecule has 0 saturated carbocycles. The van der Waals surface area contributed by atoms with Gasteiger partial charge in [0.05, 0.1) is 0 Å². The molecule has 0 aromatic heterocycles. The van der Waals surface area contributed by atoms with Crippen LogP contribution in [-0.4, -0.2) is 6.04 Å². The van der Waals surface area contributed by atoms with E-state index in [9.17, 15) is 4.39 Å². The Bertz CT molecular complexity index is 548. The molecule has 1 N–H and O–H groups in total. The van der Waals surface area contributed by atoms with E-state index in [1.54, 1.807) is 12.1 Å². The van der Waals surface area contributed by atoms with Crippen molar-refractivity contribution in [2.24, 2.45) is 0 Å². The summed E-state index contributed by atoms with van der Waals surface area (Å²) >= 11 is 3.49. The van der Waals surface area contributed by atoms with Crippen LogP contribution in [0.25, 0.3) is 0 Å². The lowest BCUT2D eigenvalue weighted by molar-refractivity contribution is 0.624. The second-order valence-electron chi connectivity index (χ2n) is 4.90. The molecule has 0 aliphatic carbocycles. The zero-order valence-corrected chi connectivity index (χ0v) is 12.7. The van der Waals surface area contributed by atoms with E-state index in [0.717, 1.165) is 22.1 Å². The largest absolute Gasteiger partial charge is 0.382 e. The Labute approximate surface area is 122 Å². The minimum Gasteiger partial charge on any atom is -0.382 e. The fourth-order valence-corrected chi connectivity index (χ4v) is 2.78. The highest BCUT2D eigenvalue weighted by Crippen LogP contribution is 2.20. The molecule has 0 heterocycles. The maximum Gasteiger partial charge on any atom is 0.123 e. The van der Waals surface area contributed by atoms with E-state index in [4.69, 9.17) is 0 Å². The number of hydrogen-bond donors (Lipinski definition) is 1. The Morgan fingerprint density at radius 1 is 1.21 bits per heavy atom. The van der Waals surface area contributed by atoms with Crippen LogP contribution in [0.3, 0.4) is 0 Å². The first-order valence-electron chi connectivity index (χ1n) is 6.31. The Morgan fingerprint density at radius 3 is 2.68 bits per heavy atom. The molecule has 3 heteroatoms. The van der Waals surface area contributed by atoms with Crippen molar-refractivity contribution in [2.75, 3.05) is 5.32 Å². The number of nitrogens with one attached hydrogen (secondary N) is 1. The summed E-state index contributed by atoms with van der Waals surface area (Å²) in [6.07, 6.45) is 0.795. The van der Waals surface area contributed by atoms with Crippen LogP contribution in [0.2, 0.25) is 0 Å². The van der Waals surface area contributed by atoms with Crippen molar-refractivity contribution in [3.05, 3.63) is 63.9 Å². The van der Waals surface area contributed by atoms with Crippen molar-refractivity contribution in [3.63, 3.8) is 0 Å². The third-order valence-corrected chi connectivity index (χ3v) is 3.34. The van der Waals surface area contributed by atoms with Crippen LogP contribution in [0.1, 0.15) is 18.1 Å². The standard InChI is InChI=1S/C16H17BrFN/c1-11-6-14(17)10-16(7-11)19-12(2)8-13-4-3-5-15(18)9-13/h3-7,9-10,12,19H,8H2,1-2H3. The average molecular weight is 322 g/mol. The molecule has 0 radical (unpaired) electrons. The van der Waals surface area contributed by atoms with Gasteiger partial charge in [0.1, 0.15) is 5.82 Å². The van der Waals surface area contributed by atoms with Gasteiger partial charge in [0, 0.05) is 16.2 Å². The fourth-order valence-electron chi connectivity index (χ4n) is 2.17. The summed E-state index contributed by atoms with van der Waals surface area (Å²) in [6.45, 7) is 4.16. The SMILES string of the molecule is Cc1cc(Br)cc(NC(C)Cc2cccc(F)c2)c1. The quantitative estimate of drug-likeness (QED) is 0.841. The Balaban J connectivity index is 2.03. The summed E-state index contributed by atoms with van der Waals surface area (Å²) in [5.74, 6) is -0.178. The topological polar surface area (TPSA) is 12.0 Å². The van der Waals surface area contributed by atoms with Crippen LogP contribution in [0.4, 0.5) is 10.1 Å². The summed E-state index contributed by atoms with van der Waals surface area (Å²) in [5.41, 5.74) is 3.29. The highest BCUT2D eigenvalue weighted by molar-refractivity contribution is 9.10. The van der Waals surface area contributed by atoms with E-state index in [1.165, 1.54) is 11.6 Å². The van der Waals surface area contributed by atoms with E-state index in [1.807, 2.05) is 6.07 Å².